The summed E-state index contributed by atoms with van der Waals surface area (Å²) in [4.78, 5) is 40.2. The number of H-pyrrole nitrogens is 1. The van der Waals surface area contributed by atoms with Gasteiger partial charge in [-0.3, -0.25) is 18.9 Å². The van der Waals surface area contributed by atoms with E-state index in [9.17, 15) is 9.59 Å². The summed E-state index contributed by atoms with van der Waals surface area (Å²) in [6, 6.07) is 5.87. The van der Waals surface area contributed by atoms with Crippen LogP contribution in [-0.2, 0) is 11.2 Å². The van der Waals surface area contributed by atoms with Crippen LogP contribution in [0.5, 0.6) is 0 Å². The Balaban J connectivity index is 1.48. The van der Waals surface area contributed by atoms with Crippen molar-refractivity contribution in [3.8, 4) is 0 Å². The third-order valence-electron chi connectivity index (χ3n) is 6.86. The number of aromatic nitrogens is 4. The number of ether oxygens (including phenoxy) is 1. The van der Waals surface area contributed by atoms with Gasteiger partial charge in [-0.2, -0.15) is 0 Å². The number of hydrogen-bond donors (Lipinski definition) is 1. The summed E-state index contributed by atoms with van der Waals surface area (Å²) >= 11 is 0. The van der Waals surface area contributed by atoms with Gasteiger partial charge in [0.05, 0.1) is 17.2 Å². The number of carbonyl (C=O) groups excluding carboxylic acids is 1. The molecular weight excluding hydrogens is 418 g/mol. The predicted molar refractivity (Wildman–Crippen MR) is 125 cm³/mol. The molecule has 0 atom stereocenters. The van der Waals surface area contributed by atoms with Crippen LogP contribution in [0.3, 0.4) is 0 Å². The monoisotopic (exact) mass is 443 g/mol. The maximum Gasteiger partial charge on any atom is 0.274 e. The van der Waals surface area contributed by atoms with Crippen LogP contribution in [0.4, 0.5) is 5.82 Å². The highest BCUT2D eigenvalue weighted by atomic mass is 16.5. The van der Waals surface area contributed by atoms with Crippen LogP contribution >= 0.6 is 0 Å². The van der Waals surface area contributed by atoms with Gasteiger partial charge < -0.3 is 9.72 Å². The third-order valence-corrected chi connectivity index (χ3v) is 6.86. The standard InChI is InChI=1S/C25H25N5O3/c1-14-9-17-3-6-29(22(17)26-12-14)25(32)18-11-19-20(10-15(18)2)30-21(24(31)28-19)13-27-23(30)16-4-7-33-8-5-16/h9-13,16H,3-8H2,1-2H3,(H,28,31). The molecule has 8 nitrogen and oxygen atoms in total. The lowest BCUT2D eigenvalue weighted by Gasteiger charge is -2.22. The van der Waals surface area contributed by atoms with Gasteiger partial charge in [0.2, 0.25) is 0 Å². The molecule has 4 aromatic rings. The second kappa shape index (κ2) is 7.52. The minimum Gasteiger partial charge on any atom is -0.381 e. The van der Waals surface area contributed by atoms with Crippen molar-refractivity contribution in [1.82, 2.24) is 19.4 Å². The van der Waals surface area contributed by atoms with Gasteiger partial charge in [0.15, 0.2) is 0 Å². The van der Waals surface area contributed by atoms with Crippen molar-refractivity contribution < 1.29 is 9.53 Å². The fourth-order valence-corrected chi connectivity index (χ4v) is 5.15. The molecule has 0 saturated carbocycles. The van der Waals surface area contributed by atoms with Crippen LogP contribution in [0.2, 0.25) is 0 Å². The summed E-state index contributed by atoms with van der Waals surface area (Å²) in [5.41, 5.74) is 5.41. The molecule has 1 aromatic carbocycles. The van der Waals surface area contributed by atoms with Crippen LogP contribution in [-0.4, -0.2) is 45.0 Å². The number of amides is 1. The highest BCUT2D eigenvalue weighted by Crippen LogP contribution is 2.31. The van der Waals surface area contributed by atoms with E-state index >= 15 is 0 Å². The number of pyridine rings is 1. The predicted octanol–water partition coefficient (Wildman–Crippen LogP) is 3.28. The molecular formula is C25H25N5O3. The van der Waals surface area contributed by atoms with Gasteiger partial charge >= 0.3 is 0 Å². The van der Waals surface area contributed by atoms with E-state index < -0.39 is 0 Å². The van der Waals surface area contributed by atoms with Gasteiger partial charge in [0.1, 0.15) is 17.2 Å². The fraction of sp³-hybridized carbons (Fsp3) is 0.360. The number of aryl methyl sites for hydroxylation is 2. The molecule has 3 aromatic heterocycles. The summed E-state index contributed by atoms with van der Waals surface area (Å²) in [7, 11) is 0. The normalized spacial score (nSPS) is 16.6. The van der Waals surface area contributed by atoms with E-state index in [0.717, 1.165) is 53.1 Å². The van der Waals surface area contributed by atoms with Gasteiger partial charge in [-0.1, -0.05) is 6.07 Å². The quantitative estimate of drug-likeness (QED) is 0.513. The number of fused-ring (bicyclic) bond motifs is 4. The Hall–Kier alpha value is -3.52. The highest BCUT2D eigenvalue weighted by Gasteiger charge is 2.29. The van der Waals surface area contributed by atoms with E-state index in [0.29, 0.717) is 36.4 Å². The largest absolute Gasteiger partial charge is 0.381 e. The molecule has 1 fully saturated rings. The van der Waals surface area contributed by atoms with Crippen molar-refractivity contribution >= 4 is 28.3 Å². The molecule has 8 heteroatoms. The molecule has 0 radical (unpaired) electrons. The molecule has 0 unspecified atom stereocenters. The summed E-state index contributed by atoms with van der Waals surface area (Å²) in [5, 5.41) is 0. The first-order valence-corrected chi connectivity index (χ1v) is 11.4. The minimum absolute atomic E-state index is 0.0965. The molecule has 0 spiro atoms. The van der Waals surface area contributed by atoms with E-state index in [2.05, 4.69) is 21.0 Å². The van der Waals surface area contributed by atoms with Gasteiger partial charge in [-0.25, -0.2) is 9.97 Å². The second-order valence-electron chi connectivity index (χ2n) is 9.06. The molecule has 1 saturated heterocycles. The van der Waals surface area contributed by atoms with E-state index in [1.165, 1.54) is 0 Å². The average molecular weight is 444 g/mol. The number of benzene rings is 1. The molecule has 0 bridgehead atoms. The number of rotatable bonds is 2. The van der Waals surface area contributed by atoms with Crippen LogP contribution in [0.15, 0.2) is 35.4 Å². The number of nitrogens with zero attached hydrogens (tertiary/aromatic N) is 4. The van der Waals surface area contributed by atoms with E-state index in [1.807, 2.05) is 24.3 Å². The number of carbonyl (C=O) groups is 1. The zero-order valence-corrected chi connectivity index (χ0v) is 18.7. The van der Waals surface area contributed by atoms with Crippen molar-refractivity contribution in [2.45, 2.75) is 39.0 Å². The third kappa shape index (κ3) is 3.16. The van der Waals surface area contributed by atoms with Crippen LogP contribution in [0.1, 0.15) is 51.6 Å². The molecule has 1 amide bonds. The smallest absolute Gasteiger partial charge is 0.274 e. The molecule has 168 valence electrons. The number of aromatic amines is 1. The Bertz CT molecular complexity index is 1480. The lowest BCUT2D eigenvalue weighted by Crippen LogP contribution is -2.30. The highest BCUT2D eigenvalue weighted by molar-refractivity contribution is 6.09. The van der Waals surface area contributed by atoms with E-state index in [4.69, 9.17) is 4.74 Å². The molecule has 0 aliphatic carbocycles. The Morgan fingerprint density at radius 2 is 1.91 bits per heavy atom. The Labute approximate surface area is 190 Å². The Morgan fingerprint density at radius 1 is 1.09 bits per heavy atom. The minimum atomic E-state index is -0.209. The lowest BCUT2D eigenvalue weighted by atomic mass is 9.99. The zero-order chi connectivity index (χ0) is 22.7. The van der Waals surface area contributed by atoms with Crippen molar-refractivity contribution in [3.05, 3.63) is 69.0 Å². The zero-order valence-electron chi connectivity index (χ0n) is 18.7. The Kier molecular flexibility index (Phi) is 4.58. The van der Waals surface area contributed by atoms with Crippen LogP contribution < -0.4 is 10.5 Å². The molecule has 1 N–H and O–H groups in total. The molecule has 2 aliphatic rings. The lowest BCUT2D eigenvalue weighted by molar-refractivity contribution is 0.0835. The van der Waals surface area contributed by atoms with Crippen molar-refractivity contribution in [2.24, 2.45) is 0 Å². The number of imidazole rings is 1. The van der Waals surface area contributed by atoms with Gasteiger partial charge in [0, 0.05) is 37.4 Å². The number of anilines is 1. The first-order chi connectivity index (χ1) is 16.0. The molecule has 5 heterocycles. The van der Waals surface area contributed by atoms with Crippen molar-refractivity contribution in [1.29, 1.82) is 0 Å². The molecule has 6 rings (SSSR count). The SMILES string of the molecule is Cc1cnc2c(c1)CCN2C(=O)c1cc2[nH]c(=O)c3cnc(C4CCOCC4)n3c2cc1C. The fourth-order valence-electron chi connectivity index (χ4n) is 5.15. The maximum absolute atomic E-state index is 13.5. The summed E-state index contributed by atoms with van der Waals surface area (Å²) < 4.78 is 7.47. The van der Waals surface area contributed by atoms with E-state index in [1.54, 1.807) is 23.4 Å². The Morgan fingerprint density at radius 3 is 2.73 bits per heavy atom. The summed E-state index contributed by atoms with van der Waals surface area (Å²) in [5.74, 6) is 1.76. The molecule has 2 aliphatic heterocycles. The first-order valence-electron chi connectivity index (χ1n) is 11.4. The average Bonchev–Trinajstić information content (AvgIpc) is 3.44. The topological polar surface area (TPSA) is 92.6 Å². The summed E-state index contributed by atoms with van der Waals surface area (Å²) in [6.45, 7) is 5.95. The summed E-state index contributed by atoms with van der Waals surface area (Å²) in [6.07, 6.45) is 5.99. The van der Waals surface area contributed by atoms with Crippen molar-refractivity contribution in [3.63, 3.8) is 0 Å². The maximum atomic E-state index is 13.5. The first kappa shape index (κ1) is 20.1. The van der Waals surface area contributed by atoms with Gasteiger partial charge in [-0.15, -0.1) is 0 Å². The van der Waals surface area contributed by atoms with E-state index in [-0.39, 0.29) is 17.4 Å². The number of nitrogens with one attached hydrogen (secondary N) is 1. The van der Waals surface area contributed by atoms with Crippen molar-refractivity contribution in [2.75, 3.05) is 24.7 Å². The van der Waals surface area contributed by atoms with Crippen LogP contribution in [0.25, 0.3) is 16.6 Å². The molecule has 33 heavy (non-hydrogen) atoms. The second-order valence-corrected chi connectivity index (χ2v) is 9.06. The number of hydrogen-bond acceptors (Lipinski definition) is 5. The van der Waals surface area contributed by atoms with Gasteiger partial charge in [-0.05, 0) is 61.9 Å². The van der Waals surface area contributed by atoms with Gasteiger partial charge in [0.25, 0.3) is 11.5 Å². The van der Waals surface area contributed by atoms with Crippen LogP contribution in [0, 0.1) is 13.8 Å².